The van der Waals surface area contributed by atoms with E-state index in [0.717, 1.165) is 0 Å². The van der Waals surface area contributed by atoms with Crippen molar-refractivity contribution in [3.63, 3.8) is 0 Å². The van der Waals surface area contributed by atoms with Gasteiger partial charge in [-0.15, -0.1) is 0 Å². The zero-order valence-corrected chi connectivity index (χ0v) is 12.3. The molecule has 0 aliphatic rings. The Morgan fingerprint density at radius 2 is 1.89 bits per heavy atom. The standard InChI is InChI=1S/C13H20N2O3S/c1-4-19(17,18)15-12-8-6-5-7-11(12)13(16)14-9-10(2)3/h5-8,10,15H,4,9H2,1-3H3,(H,14,16). The fourth-order valence-electron chi connectivity index (χ4n) is 1.40. The fraction of sp³-hybridized carbons (Fsp3) is 0.462. The number of rotatable bonds is 6. The van der Waals surface area contributed by atoms with Gasteiger partial charge in [-0.25, -0.2) is 8.42 Å². The second-order valence-corrected chi connectivity index (χ2v) is 6.67. The maximum Gasteiger partial charge on any atom is 0.253 e. The Bertz CT molecular complexity index is 539. The number of carbonyl (C=O) groups is 1. The van der Waals surface area contributed by atoms with Crippen molar-refractivity contribution >= 4 is 21.6 Å². The van der Waals surface area contributed by atoms with Crippen molar-refractivity contribution in [3.8, 4) is 0 Å². The van der Waals surface area contributed by atoms with E-state index < -0.39 is 10.0 Å². The molecule has 1 rings (SSSR count). The molecular weight excluding hydrogens is 264 g/mol. The Labute approximate surface area is 114 Å². The molecule has 0 saturated carbocycles. The normalized spacial score (nSPS) is 11.4. The molecule has 0 radical (unpaired) electrons. The summed E-state index contributed by atoms with van der Waals surface area (Å²) in [6.45, 7) is 6.08. The van der Waals surface area contributed by atoms with Gasteiger partial charge in [0.05, 0.1) is 17.0 Å². The van der Waals surface area contributed by atoms with E-state index in [9.17, 15) is 13.2 Å². The third-order valence-corrected chi connectivity index (χ3v) is 3.78. The summed E-state index contributed by atoms with van der Waals surface area (Å²) in [5.74, 6) is 0.0288. The first kappa shape index (κ1) is 15.5. The van der Waals surface area contributed by atoms with Crippen LogP contribution in [0, 0.1) is 5.92 Å². The molecular formula is C13H20N2O3S. The minimum atomic E-state index is -3.39. The lowest BCUT2D eigenvalue weighted by atomic mass is 10.1. The molecule has 0 atom stereocenters. The minimum absolute atomic E-state index is 0.0328. The van der Waals surface area contributed by atoms with Crippen LogP contribution < -0.4 is 10.0 Å². The Morgan fingerprint density at radius 1 is 1.26 bits per heavy atom. The molecule has 0 saturated heterocycles. The monoisotopic (exact) mass is 284 g/mol. The maximum atomic E-state index is 12.0. The molecule has 5 nitrogen and oxygen atoms in total. The molecule has 1 amide bonds. The van der Waals surface area contributed by atoms with Crippen LogP contribution in [0.2, 0.25) is 0 Å². The molecule has 0 aliphatic carbocycles. The SMILES string of the molecule is CCS(=O)(=O)Nc1ccccc1C(=O)NCC(C)C. The summed E-state index contributed by atoms with van der Waals surface area (Å²) in [7, 11) is -3.39. The summed E-state index contributed by atoms with van der Waals surface area (Å²) in [6.07, 6.45) is 0. The van der Waals surface area contributed by atoms with Gasteiger partial charge in [0.25, 0.3) is 5.91 Å². The first-order valence-electron chi connectivity index (χ1n) is 6.23. The molecule has 19 heavy (non-hydrogen) atoms. The van der Waals surface area contributed by atoms with Gasteiger partial charge in [0.1, 0.15) is 0 Å². The van der Waals surface area contributed by atoms with Crippen molar-refractivity contribution in [1.29, 1.82) is 0 Å². The van der Waals surface area contributed by atoms with Gasteiger partial charge in [-0.1, -0.05) is 26.0 Å². The maximum absolute atomic E-state index is 12.0. The summed E-state index contributed by atoms with van der Waals surface area (Å²) < 4.78 is 25.6. The lowest BCUT2D eigenvalue weighted by Gasteiger charge is -2.12. The summed E-state index contributed by atoms with van der Waals surface area (Å²) in [5.41, 5.74) is 0.644. The van der Waals surface area contributed by atoms with Gasteiger partial charge in [0.15, 0.2) is 0 Å². The Balaban J connectivity index is 2.93. The highest BCUT2D eigenvalue weighted by Gasteiger charge is 2.14. The number of hydrogen-bond donors (Lipinski definition) is 2. The van der Waals surface area contributed by atoms with Gasteiger partial charge in [0, 0.05) is 6.54 Å². The van der Waals surface area contributed by atoms with Gasteiger partial charge in [-0.2, -0.15) is 0 Å². The number of amides is 1. The van der Waals surface area contributed by atoms with Crippen LogP contribution in [-0.2, 0) is 10.0 Å². The molecule has 2 N–H and O–H groups in total. The van der Waals surface area contributed by atoms with Crippen LogP contribution in [0.5, 0.6) is 0 Å². The molecule has 0 aromatic heterocycles. The molecule has 0 aliphatic heterocycles. The van der Waals surface area contributed by atoms with Crippen molar-refractivity contribution in [1.82, 2.24) is 5.32 Å². The first-order valence-corrected chi connectivity index (χ1v) is 7.88. The number of nitrogens with one attached hydrogen (secondary N) is 2. The molecule has 0 bridgehead atoms. The summed E-state index contributed by atoms with van der Waals surface area (Å²) >= 11 is 0. The van der Waals surface area contributed by atoms with Gasteiger partial charge in [-0.3, -0.25) is 9.52 Å². The molecule has 1 aromatic carbocycles. The van der Waals surface area contributed by atoms with Crippen LogP contribution in [0.15, 0.2) is 24.3 Å². The van der Waals surface area contributed by atoms with Crippen LogP contribution in [0.1, 0.15) is 31.1 Å². The van der Waals surface area contributed by atoms with E-state index >= 15 is 0 Å². The highest BCUT2D eigenvalue weighted by Crippen LogP contribution is 2.16. The van der Waals surface area contributed by atoms with Gasteiger partial charge in [0.2, 0.25) is 10.0 Å². The number of para-hydroxylation sites is 1. The number of sulfonamides is 1. The van der Waals surface area contributed by atoms with E-state index in [0.29, 0.717) is 23.7 Å². The second kappa shape index (κ2) is 6.56. The number of carbonyl (C=O) groups excluding carboxylic acids is 1. The van der Waals surface area contributed by atoms with E-state index in [4.69, 9.17) is 0 Å². The van der Waals surface area contributed by atoms with Crippen LogP contribution in [-0.4, -0.2) is 26.6 Å². The van der Waals surface area contributed by atoms with Crippen molar-refractivity contribution in [2.24, 2.45) is 5.92 Å². The topological polar surface area (TPSA) is 75.3 Å². The van der Waals surface area contributed by atoms with Crippen molar-refractivity contribution in [2.45, 2.75) is 20.8 Å². The van der Waals surface area contributed by atoms with Crippen molar-refractivity contribution in [3.05, 3.63) is 29.8 Å². The first-order chi connectivity index (χ1) is 8.85. The van der Waals surface area contributed by atoms with Gasteiger partial charge >= 0.3 is 0 Å². The van der Waals surface area contributed by atoms with E-state index in [1.165, 1.54) is 0 Å². The van der Waals surface area contributed by atoms with E-state index in [1.807, 2.05) is 13.8 Å². The average Bonchev–Trinajstić information content (AvgIpc) is 2.36. The summed E-state index contributed by atoms with van der Waals surface area (Å²) in [5, 5.41) is 2.77. The Morgan fingerprint density at radius 3 is 2.47 bits per heavy atom. The van der Waals surface area contributed by atoms with Gasteiger partial charge in [-0.05, 0) is 25.0 Å². The average molecular weight is 284 g/mol. The number of hydrogen-bond acceptors (Lipinski definition) is 3. The minimum Gasteiger partial charge on any atom is -0.352 e. The predicted molar refractivity (Wildman–Crippen MR) is 76.7 cm³/mol. The smallest absolute Gasteiger partial charge is 0.253 e. The van der Waals surface area contributed by atoms with Crippen LogP contribution in [0.4, 0.5) is 5.69 Å². The zero-order chi connectivity index (χ0) is 14.5. The lowest BCUT2D eigenvalue weighted by Crippen LogP contribution is -2.28. The molecule has 0 fully saturated rings. The van der Waals surface area contributed by atoms with Crippen LogP contribution in [0.3, 0.4) is 0 Å². The number of benzene rings is 1. The Hall–Kier alpha value is -1.56. The van der Waals surface area contributed by atoms with Gasteiger partial charge < -0.3 is 5.32 Å². The second-order valence-electron chi connectivity index (χ2n) is 4.65. The van der Waals surface area contributed by atoms with Crippen molar-refractivity contribution < 1.29 is 13.2 Å². The van der Waals surface area contributed by atoms with Crippen LogP contribution >= 0.6 is 0 Å². The van der Waals surface area contributed by atoms with Crippen molar-refractivity contribution in [2.75, 3.05) is 17.0 Å². The number of anilines is 1. The molecule has 106 valence electrons. The third kappa shape index (κ3) is 4.90. The summed E-state index contributed by atoms with van der Waals surface area (Å²) in [6, 6.07) is 6.57. The predicted octanol–water partition coefficient (Wildman–Crippen LogP) is 1.83. The Kier molecular flexibility index (Phi) is 5.35. The zero-order valence-electron chi connectivity index (χ0n) is 11.4. The lowest BCUT2D eigenvalue weighted by molar-refractivity contribution is 0.0950. The molecule has 0 unspecified atom stereocenters. The highest BCUT2D eigenvalue weighted by molar-refractivity contribution is 7.92. The van der Waals surface area contributed by atoms with Crippen LogP contribution in [0.25, 0.3) is 0 Å². The largest absolute Gasteiger partial charge is 0.352 e. The highest BCUT2D eigenvalue weighted by atomic mass is 32.2. The summed E-state index contributed by atoms with van der Waals surface area (Å²) in [4.78, 5) is 12.0. The molecule has 6 heteroatoms. The molecule has 1 aromatic rings. The molecule has 0 heterocycles. The van der Waals surface area contributed by atoms with E-state index in [-0.39, 0.29) is 11.7 Å². The molecule has 0 spiro atoms. The fourth-order valence-corrected chi connectivity index (χ4v) is 2.06. The quantitative estimate of drug-likeness (QED) is 0.837. The van der Waals surface area contributed by atoms with E-state index in [2.05, 4.69) is 10.0 Å². The third-order valence-electron chi connectivity index (χ3n) is 2.49. The van der Waals surface area contributed by atoms with E-state index in [1.54, 1.807) is 31.2 Å².